The van der Waals surface area contributed by atoms with Crippen molar-refractivity contribution in [1.82, 2.24) is 4.98 Å². The van der Waals surface area contributed by atoms with Gasteiger partial charge in [-0.2, -0.15) is 0 Å². The van der Waals surface area contributed by atoms with E-state index in [-0.39, 0.29) is 0 Å². The zero-order chi connectivity index (χ0) is 27.8. The van der Waals surface area contributed by atoms with Gasteiger partial charge >= 0.3 is 0 Å². The molecule has 0 amide bonds. The molecule has 1 heterocycles. The molecule has 0 aliphatic heterocycles. The van der Waals surface area contributed by atoms with Crippen LogP contribution in [0.5, 0.6) is 5.75 Å². The third kappa shape index (κ3) is 4.63. The second-order valence-electron chi connectivity index (χ2n) is 10.1. The predicted octanol–water partition coefficient (Wildman–Crippen LogP) is 10.7. The van der Waals surface area contributed by atoms with Crippen LogP contribution in [0.3, 0.4) is 0 Å². The number of halogens is 1. The number of methoxy groups -OCH3 is 1. The standard InChI is InChI=1S/C38H26ClNO/c1-41-31-21-17-25(18-22-31)29-23-28-11-5-6-12-32(28)34(24-29)37-36(26-15-19-30(39)20-16-26)33-13-7-8-14-35(33)40-38(37)27-9-3-2-4-10-27/h2-24H,1H3. The molecule has 0 spiro atoms. The van der Waals surface area contributed by atoms with Gasteiger partial charge in [0.25, 0.3) is 0 Å². The van der Waals surface area contributed by atoms with E-state index < -0.39 is 0 Å². The van der Waals surface area contributed by atoms with Crippen LogP contribution in [-0.2, 0) is 0 Å². The number of benzene rings is 6. The lowest BCUT2D eigenvalue weighted by molar-refractivity contribution is 0.415. The molecule has 1 aromatic heterocycles. The second kappa shape index (κ2) is 10.6. The first-order valence-electron chi connectivity index (χ1n) is 13.6. The normalized spacial score (nSPS) is 11.2. The van der Waals surface area contributed by atoms with Crippen molar-refractivity contribution in [3.63, 3.8) is 0 Å². The average Bonchev–Trinajstić information content (AvgIpc) is 3.04. The van der Waals surface area contributed by atoms with Crippen LogP contribution < -0.4 is 4.74 Å². The lowest BCUT2D eigenvalue weighted by atomic mass is 9.85. The lowest BCUT2D eigenvalue weighted by Crippen LogP contribution is -1.97. The van der Waals surface area contributed by atoms with Crippen LogP contribution in [0.1, 0.15) is 0 Å². The molecular formula is C38H26ClNO. The molecule has 0 N–H and O–H groups in total. The molecular weight excluding hydrogens is 522 g/mol. The molecule has 0 radical (unpaired) electrons. The Morgan fingerprint density at radius 3 is 1.95 bits per heavy atom. The monoisotopic (exact) mass is 547 g/mol. The molecule has 0 bridgehead atoms. The van der Waals surface area contributed by atoms with E-state index in [1.54, 1.807) is 7.11 Å². The van der Waals surface area contributed by atoms with Crippen LogP contribution in [0.2, 0.25) is 5.02 Å². The first kappa shape index (κ1) is 25.1. The smallest absolute Gasteiger partial charge is 0.118 e. The molecule has 0 aliphatic rings. The van der Waals surface area contributed by atoms with Gasteiger partial charge in [0.05, 0.1) is 18.3 Å². The number of ether oxygens (including phenoxy) is 1. The highest BCUT2D eigenvalue weighted by atomic mass is 35.5. The molecule has 0 aliphatic carbocycles. The molecule has 0 fully saturated rings. The van der Waals surface area contributed by atoms with Crippen molar-refractivity contribution < 1.29 is 4.74 Å². The maximum Gasteiger partial charge on any atom is 0.118 e. The number of hydrogen-bond acceptors (Lipinski definition) is 2. The molecule has 41 heavy (non-hydrogen) atoms. The van der Waals surface area contributed by atoms with E-state index in [0.29, 0.717) is 5.02 Å². The van der Waals surface area contributed by atoms with Crippen LogP contribution in [0.25, 0.3) is 66.3 Å². The number of aromatic nitrogens is 1. The summed E-state index contributed by atoms with van der Waals surface area (Å²) in [5.74, 6) is 0.838. The molecule has 7 rings (SSSR count). The zero-order valence-corrected chi connectivity index (χ0v) is 23.3. The maximum atomic E-state index is 6.37. The van der Waals surface area contributed by atoms with Crippen LogP contribution in [0.4, 0.5) is 0 Å². The van der Waals surface area contributed by atoms with Gasteiger partial charge in [0, 0.05) is 27.1 Å². The molecule has 196 valence electrons. The number of pyridine rings is 1. The summed E-state index contributed by atoms with van der Waals surface area (Å²) < 4.78 is 5.43. The third-order valence-corrected chi connectivity index (χ3v) is 7.88. The molecule has 0 saturated carbocycles. The van der Waals surface area contributed by atoms with E-state index in [1.807, 2.05) is 30.3 Å². The van der Waals surface area contributed by atoms with Gasteiger partial charge in [0.15, 0.2) is 0 Å². The van der Waals surface area contributed by atoms with Crippen molar-refractivity contribution in [3.05, 3.63) is 145 Å². The van der Waals surface area contributed by atoms with Gasteiger partial charge in [-0.15, -0.1) is 0 Å². The molecule has 0 atom stereocenters. The highest BCUT2D eigenvalue weighted by Crippen LogP contribution is 2.46. The minimum atomic E-state index is 0.712. The Labute approximate surface area is 244 Å². The Bertz CT molecular complexity index is 2010. The summed E-state index contributed by atoms with van der Waals surface area (Å²) >= 11 is 6.37. The Morgan fingerprint density at radius 2 is 1.20 bits per heavy atom. The van der Waals surface area contributed by atoms with Gasteiger partial charge in [-0.05, 0) is 75.5 Å². The van der Waals surface area contributed by atoms with Crippen LogP contribution in [-0.4, -0.2) is 12.1 Å². The van der Waals surface area contributed by atoms with Crippen molar-refractivity contribution in [2.24, 2.45) is 0 Å². The van der Waals surface area contributed by atoms with Gasteiger partial charge in [0.2, 0.25) is 0 Å². The molecule has 0 saturated heterocycles. The van der Waals surface area contributed by atoms with E-state index in [1.165, 1.54) is 10.8 Å². The van der Waals surface area contributed by atoms with E-state index in [0.717, 1.165) is 61.3 Å². The summed E-state index contributed by atoms with van der Waals surface area (Å²) in [6.07, 6.45) is 0. The highest BCUT2D eigenvalue weighted by Gasteiger charge is 2.22. The van der Waals surface area contributed by atoms with Crippen LogP contribution in [0, 0.1) is 0 Å². The summed E-state index contributed by atoms with van der Waals surface area (Å²) in [6.45, 7) is 0. The third-order valence-electron chi connectivity index (χ3n) is 7.63. The fourth-order valence-corrected chi connectivity index (χ4v) is 5.79. The van der Waals surface area contributed by atoms with E-state index in [2.05, 4.69) is 109 Å². The average molecular weight is 548 g/mol. The minimum Gasteiger partial charge on any atom is -0.497 e. The fraction of sp³-hybridized carbons (Fsp3) is 0.0263. The summed E-state index contributed by atoms with van der Waals surface area (Å²) in [5, 5.41) is 4.16. The van der Waals surface area contributed by atoms with E-state index >= 15 is 0 Å². The SMILES string of the molecule is COc1ccc(-c2cc(-c3c(-c4ccccc4)nc4ccccc4c3-c3ccc(Cl)cc3)c3ccccc3c2)cc1. The summed E-state index contributed by atoms with van der Waals surface area (Å²) in [6, 6.07) is 48.4. The Hall–Kier alpha value is -4.92. The van der Waals surface area contributed by atoms with Gasteiger partial charge in [-0.1, -0.05) is 109 Å². The number of hydrogen-bond donors (Lipinski definition) is 0. The largest absolute Gasteiger partial charge is 0.497 e. The summed E-state index contributed by atoms with van der Waals surface area (Å²) in [7, 11) is 1.69. The molecule has 7 aromatic rings. The Balaban J connectivity index is 1.64. The van der Waals surface area contributed by atoms with Gasteiger partial charge in [-0.25, -0.2) is 4.98 Å². The van der Waals surface area contributed by atoms with Crippen molar-refractivity contribution in [2.75, 3.05) is 7.11 Å². The molecule has 2 nitrogen and oxygen atoms in total. The number of para-hydroxylation sites is 1. The van der Waals surface area contributed by atoms with Crippen molar-refractivity contribution >= 4 is 33.3 Å². The topological polar surface area (TPSA) is 22.1 Å². The van der Waals surface area contributed by atoms with Gasteiger partial charge < -0.3 is 4.74 Å². The number of fused-ring (bicyclic) bond motifs is 2. The van der Waals surface area contributed by atoms with E-state index in [4.69, 9.17) is 21.3 Å². The van der Waals surface area contributed by atoms with E-state index in [9.17, 15) is 0 Å². The lowest BCUT2D eigenvalue weighted by Gasteiger charge is -2.21. The summed E-state index contributed by atoms with van der Waals surface area (Å²) in [5.41, 5.74) is 9.71. The number of rotatable bonds is 5. The van der Waals surface area contributed by atoms with Gasteiger partial charge in [-0.3, -0.25) is 0 Å². The minimum absolute atomic E-state index is 0.712. The fourth-order valence-electron chi connectivity index (χ4n) is 5.66. The van der Waals surface area contributed by atoms with Crippen LogP contribution in [0.15, 0.2) is 140 Å². The maximum absolute atomic E-state index is 6.37. The van der Waals surface area contributed by atoms with Crippen molar-refractivity contribution in [3.8, 4) is 50.4 Å². The highest BCUT2D eigenvalue weighted by molar-refractivity contribution is 6.30. The molecule has 6 aromatic carbocycles. The van der Waals surface area contributed by atoms with Gasteiger partial charge in [0.1, 0.15) is 5.75 Å². The Morgan fingerprint density at radius 1 is 0.537 bits per heavy atom. The Kier molecular flexibility index (Phi) is 6.47. The second-order valence-corrected chi connectivity index (χ2v) is 10.5. The van der Waals surface area contributed by atoms with Crippen molar-refractivity contribution in [1.29, 1.82) is 0 Å². The quantitative estimate of drug-likeness (QED) is 0.214. The zero-order valence-electron chi connectivity index (χ0n) is 22.5. The first-order chi connectivity index (χ1) is 20.2. The van der Waals surface area contributed by atoms with Crippen LogP contribution >= 0.6 is 11.6 Å². The first-order valence-corrected chi connectivity index (χ1v) is 14.0. The summed E-state index contributed by atoms with van der Waals surface area (Å²) in [4.78, 5) is 5.31. The van der Waals surface area contributed by atoms with Crippen molar-refractivity contribution in [2.45, 2.75) is 0 Å². The predicted molar refractivity (Wildman–Crippen MR) is 173 cm³/mol. The molecule has 3 heteroatoms. The molecule has 0 unspecified atom stereocenters. The number of nitrogens with zero attached hydrogens (tertiary/aromatic N) is 1.